The molecule has 1 heterocycles. The van der Waals surface area contributed by atoms with Crippen LogP contribution in [-0.2, 0) is 11.2 Å². The maximum Gasteiger partial charge on any atom is 0.288 e. The van der Waals surface area contributed by atoms with Crippen molar-refractivity contribution >= 4 is 22.7 Å². The minimum atomic E-state index is -0.447. The molecular weight excluding hydrogens is 290 g/mol. The topological polar surface area (TPSA) is 71.1 Å². The summed E-state index contributed by atoms with van der Waals surface area (Å²) in [7, 11) is 0. The standard InChI is InChI=1S/C18H15N3O2/c22-17(12-13-6-2-1-3-7-13)20-21-18(23)16-11-10-14-8-4-5-9-15(14)19-16/h1-11H,12H2,(H,20,22)(H,21,23). The Bertz CT molecular complexity index is 847. The molecule has 0 unspecified atom stereocenters. The van der Waals surface area contributed by atoms with E-state index in [-0.39, 0.29) is 18.0 Å². The minimum Gasteiger partial charge on any atom is -0.273 e. The molecule has 2 N–H and O–H groups in total. The lowest BCUT2D eigenvalue weighted by Gasteiger charge is -2.07. The number of hydrogen-bond acceptors (Lipinski definition) is 3. The van der Waals surface area contributed by atoms with Crippen molar-refractivity contribution in [2.75, 3.05) is 0 Å². The molecule has 0 saturated carbocycles. The van der Waals surface area contributed by atoms with E-state index in [1.807, 2.05) is 60.7 Å². The first-order chi connectivity index (χ1) is 11.2. The fourth-order valence-electron chi connectivity index (χ4n) is 2.21. The molecule has 0 spiro atoms. The Morgan fingerprint density at radius 3 is 2.39 bits per heavy atom. The average molecular weight is 305 g/mol. The molecule has 2 aromatic carbocycles. The molecule has 1 aromatic heterocycles. The van der Waals surface area contributed by atoms with E-state index in [1.165, 1.54) is 0 Å². The molecule has 0 radical (unpaired) electrons. The van der Waals surface area contributed by atoms with Crippen molar-refractivity contribution < 1.29 is 9.59 Å². The highest BCUT2D eigenvalue weighted by Crippen LogP contribution is 2.11. The van der Waals surface area contributed by atoms with E-state index in [0.29, 0.717) is 0 Å². The van der Waals surface area contributed by atoms with Crippen molar-refractivity contribution in [1.82, 2.24) is 15.8 Å². The van der Waals surface area contributed by atoms with Gasteiger partial charge in [0.1, 0.15) is 5.69 Å². The second-order valence-electron chi connectivity index (χ2n) is 5.05. The lowest BCUT2D eigenvalue weighted by atomic mass is 10.1. The van der Waals surface area contributed by atoms with Crippen LogP contribution < -0.4 is 10.9 Å². The number of fused-ring (bicyclic) bond motifs is 1. The van der Waals surface area contributed by atoms with Crippen molar-refractivity contribution in [1.29, 1.82) is 0 Å². The highest BCUT2D eigenvalue weighted by atomic mass is 16.2. The summed E-state index contributed by atoms with van der Waals surface area (Å²) in [6.07, 6.45) is 0.201. The number of nitrogens with zero attached hydrogens (tertiary/aromatic N) is 1. The van der Waals surface area contributed by atoms with Crippen LogP contribution in [0.3, 0.4) is 0 Å². The molecule has 5 heteroatoms. The normalized spacial score (nSPS) is 10.3. The molecule has 0 atom stereocenters. The fourth-order valence-corrected chi connectivity index (χ4v) is 2.21. The predicted molar refractivity (Wildman–Crippen MR) is 87.5 cm³/mol. The molecule has 114 valence electrons. The van der Waals surface area contributed by atoms with Gasteiger partial charge >= 0.3 is 0 Å². The maximum absolute atomic E-state index is 12.1. The number of aromatic nitrogens is 1. The van der Waals surface area contributed by atoms with Crippen LogP contribution in [0.15, 0.2) is 66.7 Å². The average Bonchev–Trinajstić information content (AvgIpc) is 2.60. The summed E-state index contributed by atoms with van der Waals surface area (Å²) in [6, 6.07) is 20.3. The molecular formula is C18H15N3O2. The van der Waals surface area contributed by atoms with Crippen LogP contribution >= 0.6 is 0 Å². The molecule has 0 fully saturated rings. The molecule has 0 bridgehead atoms. The number of pyridine rings is 1. The lowest BCUT2D eigenvalue weighted by Crippen LogP contribution is -2.42. The van der Waals surface area contributed by atoms with E-state index in [2.05, 4.69) is 15.8 Å². The number of amides is 2. The quantitative estimate of drug-likeness (QED) is 0.729. The van der Waals surface area contributed by atoms with Gasteiger partial charge < -0.3 is 0 Å². The van der Waals surface area contributed by atoms with Gasteiger partial charge in [0, 0.05) is 5.39 Å². The van der Waals surface area contributed by atoms with Crippen molar-refractivity contribution in [3.63, 3.8) is 0 Å². The largest absolute Gasteiger partial charge is 0.288 e. The molecule has 3 rings (SSSR count). The monoisotopic (exact) mass is 305 g/mol. The van der Waals surface area contributed by atoms with Gasteiger partial charge in [-0.3, -0.25) is 20.4 Å². The minimum absolute atomic E-state index is 0.201. The number of hydrazine groups is 1. The van der Waals surface area contributed by atoms with Crippen LogP contribution in [-0.4, -0.2) is 16.8 Å². The van der Waals surface area contributed by atoms with Crippen molar-refractivity contribution in [3.05, 3.63) is 78.0 Å². The summed E-state index contributed by atoms with van der Waals surface area (Å²) in [5, 5.41) is 0.956. The first-order valence-electron chi connectivity index (χ1n) is 7.21. The third kappa shape index (κ3) is 3.71. The third-order valence-corrected chi connectivity index (χ3v) is 3.35. The van der Waals surface area contributed by atoms with Crippen LogP contribution in [0.25, 0.3) is 10.9 Å². The summed E-state index contributed by atoms with van der Waals surface area (Å²) >= 11 is 0. The number of nitrogens with one attached hydrogen (secondary N) is 2. The Labute approximate surface area is 133 Å². The van der Waals surface area contributed by atoms with Gasteiger partial charge in [0.25, 0.3) is 5.91 Å². The summed E-state index contributed by atoms with van der Waals surface area (Å²) < 4.78 is 0. The Hall–Kier alpha value is -3.21. The fraction of sp³-hybridized carbons (Fsp3) is 0.0556. The molecule has 0 aliphatic carbocycles. The summed E-state index contributed by atoms with van der Waals surface area (Å²) in [5.74, 6) is -0.734. The second-order valence-corrected chi connectivity index (χ2v) is 5.05. The first kappa shape index (κ1) is 14.7. The molecule has 0 aliphatic heterocycles. The smallest absolute Gasteiger partial charge is 0.273 e. The van der Waals surface area contributed by atoms with Crippen LogP contribution in [0.5, 0.6) is 0 Å². The van der Waals surface area contributed by atoms with E-state index >= 15 is 0 Å². The Kier molecular flexibility index (Phi) is 4.29. The zero-order valence-corrected chi connectivity index (χ0v) is 12.3. The lowest BCUT2D eigenvalue weighted by molar-refractivity contribution is -0.121. The van der Waals surface area contributed by atoms with Gasteiger partial charge in [-0.05, 0) is 17.7 Å². The molecule has 2 amide bonds. The molecule has 5 nitrogen and oxygen atoms in total. The van der Waals surface area contributed by atoms with Gasteiger partial charge in [-0.25, -0.2) is 4.98 Å². The van der Waals surface area contributed by atoms with Crippen molar-refractivity contribution in [2.45, 2.75) is 6.42 Å². The van der Waals surface area contributed by atoms with Crippen LogP contribution in [0.2, 0.25) is 0 Å². The van der Waals surface area contributed by atoms with E-state index < -0.39 is 5.91 Å². The van der Waals surface area contributed by atoms with Gasteiger partial charge in [-0.1, -0.05) is 54.6 Å². The predicted octanol–water partition coefficient (Wildman–Crippen LogP) is 2.24. The second kappa shape index (κ2) is 6.70. The summed E-state index contributed by atoms with van der Waals surface area (Å²) in [4.78, 5) is 28.1. The zero-order chi connectivity index (χ0) is 16.1. The third-order valence-electron chi connectivity index (χ3n) is 3.35. The van der Waals surface area contributed by atoms with E-state index in [4.69, 9.17) is 0 Å². The van der Waals surface area contributed by atoms with Crippen LogP contribution in [0.4, 0.5) is 0 Å². The number of benzene rings is 2. The number of rotatable bonds is 3. The van der Waals surface area contributed by atoms with E-state index in [9.17, 15) is 9.59 Å². The molecule has 23 heavy (non-hydrogen) atoms. The molecule has 0 aliphatic rings. The molecule has 0 saturated heterocycles. The number of carbonyl (C=O) groups excluding carboxylic acids is 2. The van der Waals surface area contributed by atoms with Gasteiger partial charge in [0.05, 0.1) is 11.9 Å². The zero-order valence-electron chi connectivity index (χ0n) is 12.3. The highest BCUT2D eigenvalue weighted by molar-refractivity contribution is 5.96. The Morgan fingerprint density at radius 2 is 1.57 bits per heavy atom. The van der Waals surface area contributed by atoms with E-state index in [0.717, 1.165) is 16.5 Å². The van der Waals surface area contributed by atoms with Gasteiger partial charge in [0.15, 0.2) is 0 Å². The maximum atomic E-state index is 12.1. The SMILES string of the molecule is O=C(Cc1ccccc1)NNC(=O)c1ccc2ccccc2n1. The highest BCUT2D eigenvalue weighted by Gasteiger charge is 2.09. The van der Waals surface area contributed by atoms with Crippen molar-refractivity contribution in [2.24, 2.45) is 0 Å². The van der Waals surface area contributed by atoms with E-state index in [1.54, 1.807) is 6.07 Å². The number of carbonyl (C=O) groups is 2. The van der Waals surface area contributed by atoms with Crippen LogP contribution in [0, 0.1) is 0 Å². The first-order valence-corrected chi connectivity index (χ1v) is 7.21. The van der Waals surface area contributed by atoms with Crippen molar-refractivity contribution in [3.8, 4) is 0 Å². The Morgan fingerprint density at radius 1 is 0.826 bits per heavy atom. The van der Waals surface area contributed by atoms with Gasteiger partial charge in [-0.15, -0.1) is 0 Å². The Balaban J connectivity index is 1.61. The molecule has 3 aromatic rings. The summed E-state index contributed by atoms with van der Waals surface area (Å²) in [5.41, 5.74) is 6.65. The number of para-hydroxylation sites is 1. The van der Waals surface area contributed by atoms with Crippen LogP contribution in [0.1, 0.15) is 16.1 Å². The van der Waals surface area contributed by atoms with Gasteiger partial charge in [-0.2, -0.15) is 0 Å². The number of hydrogen-bond donors (Lipinski definition) is 2. The summed E-state index contributed by atoms with van der Waals surface area (Å²) in [6.45, 7) is 0. The van der Waals surface area contributed by atoms with Gasteiger partial charge in [0.2, 0.25) is 5.91 Å².